The van der Waals surface area contributed by atoms with E-state index in [-0.39, 0.29) is 24.0 Å². The molecule has 0 atom stereocenters. The Balaban J connectivity index is 0.00000243. The number of halogens is 1. The van der Waals surface area contributed by atoms with E-state index in [2.05, 4.69) is 39.9 Å². The third-order valence-corrected chi connectivity index (χ3v) is 4.20. The number of nitrogens with one attached hydrogen (secondary N) is 2. The Labute approximate surface area is 171 Å². The minimum Gasteiger partial charge on any atom is -0.459 e. The van der Waals surface area contributed by atoms with Crippen LogP contribution in [0.25, 0.3) is 11.0 Å². The third-order valence-electron chi connectivity index (χ3n) is 4.20. The fourth-order valence-electron chi connectivity index (χ4n) is 2.82. The van der Waals surface area contributed by atoms with E-state index < -0.39 is 0 Å². The zero-order chi connectivity index (χ0) is 17.6. The van der Waals surface area contributed by atoms with Gasteiger partial charge < -0.3 is 15.1 Å². The van der Waals surface area contributed by atoms with Crippen LogP contribution in [0.4, 0.5) is 0 Å². The molecule has 140 valence electrons. The van der Waals surface area contributed by atoms with Crippen molar-refractivity contribution in [3.8, 4) is 0 Å². The van der Waals surface area contributed by atoms with Crippen LogP contribution >= 0.6 is 24.0 Å². The molecule has 0 aliphatic rings. The van der Waals surface area contributed by atoms with Gasteiger partial charge in [-0.15, -0.1) is 24.0 Å². The lowest BCUT2D eigenvalue weighted by atomic mass is 10.1. The first-order valence-electron chi connectivity index (χ1n) is 8.58. The summed E-state index contributed by atoms with van der Waals surface area (Å²) in [5, 5.41) is 12.1. The van der Waals surface area contributed by atoms with Crippen molar-refractivity contribution in [3.63, 3.8) is 0 Å². The van der Waals surface area contributed by atoms with Crippen LogP contribution in [-0.4, -0.2) is 29.3 Å². The highest BCUT2D eigenvalue weighted by Crippen LogP contribution is 2.24. The van der Waals surface area contributed by atoms with Crippen molar-refractivity contribution >= 4 is 40.9 Å². The largest absolute Gasteiger partial charge is 0.459 e. The van der Waals surface area contributed by atoms with E-state index in [1.807, 2.05) is 36.0 Å². The molecule has 7 heteroatoms. The third kappa shape index (κ3) is 5.00. The molecule has 2 heterocycles. The van der Waals surface area contributed by atoms with Crippen LogP contribution in [0.15, 0.2) is 46.1 Å². The number of nitrogens with zero attached hydrogens (tertiary/aromatic N) is 3. The fourth-order valence-corrected chi connectivity index (χ4v) is 2.82. The summed E-state index contributed by atoms with van der Waals surface area (Å²) in [6, 6.07) is 8.10. The number of furan rings is 1. The zero-order valence-corrected chi connectivity index (χ0v) is 17.8. The van der Waals surface area contributed by atoms with E-state index in [4.69, 9.17) is 4.42 Å². The van der Waals surface area contributed by atoms with Crippen LogP contribution in [0.2, 0.25) is 0 Å². The molecular formula is C19H26IN5O. The Morgan fingerprint density at radius 3 is 2.73 bits per heavy atom. The van der Waals surface area contributed by atoms with Gasteiger partial charge in [-0.2, -0.15) is 5.10 Å². The van der Waals surface area contributed by atoms with Gasteiger partial charge in [0.15, 0.2) is 5.96 Å². The number of aryl methyl sites for hydroxylation is 3. The van der Waals surface area contributed by atoms with Crippen molar-refractivity contribution in [2.24, 2.45) is 4.99 Å². The van der Waals surface area contributed by atoms with Crippen LogP contribution in [0, 0.1) is 13.8 Å². The molecule has 26 heavy (non-hydrogen) atoms. The topological polar surface area (TPSA) is 67.4 Å². The van der Waals surface area contributed by atoms with Gasteiger partial charge in [0.25, 0.3) is 0 Å². The summed E-state index contributed by atoms with van der Waals surface area (Å²) < 4.78 is 7.89. The summed E-state index contributed by atoms with van der Waals surface area (Å²) in [5.41, 5.74) is 3.29. The van der Waals surface area contributed by atoms with E-state index in [0.29, 0.717) is 6.54 Å². The first kappa shape index (κ1) is 20.3. The highest BCUT2D eigenvalue weighted by Gasteiger charge is 2.10. The van der Waals surface area contributed by atoms with Gasteiger partial charge >= 0.3 is 0 Å². The average molecular weight is 467 g/mol. The van der Waals surface area contributed by atoms with E-state index in [9.17, 15) is 0 Å². The fraction of sp³-hybridized carbons (Fsp3) is 0.368. The van der Waals surface area contributed by atoms with Gasteiger partial charge in [-0.05, 0) is 31.9 Å². The molecule has 0 saturated heterocycles. The van der Waals surface area contributed by atoms with Gasteiger partial charge in [-0.25, -0.2) is 0 Å². The Bertz CT molecular complexity index is 868. The predicted molar refractivity (Wildman–Crippen MR) is 116 cm³/mol. The predicted octanol–water partition coefficient (Wildman–Crippen LogP) is 3.62. The summed E-state index contributed by atoms with van der Waals surface area (Å²) in [7, 11) is 1.78. The number of benzene rings is 1. The first-order valence-corrected chi connectivity index (χ1v) is 8.58. The lowest BCUT2D eigenvalue weighted by molar-refractivity contribution is 0.532. The summed E-state index contributed by atoms with van der Waals surface area (Å²) in [6.45, 7) is 6.47. The molecule has 3 rings (SSSR count). The smallest absolute Gasteiger partial charge is 0.191 e. The maximum atomic E-state index is 5.92. The highest BCUT2D eigenvalue weighted by molar-refractivity contribution is 14.0. The SMILES string of the molecule is CN=C(NCCCn1cc(C)cn1)NCc1oc2ccccc2c1C.I. The van der Waals surface area contributed by atoms with Crippen molar-refractivity contribution in [2.45, 2.75) is 33.4 Å². The molecule has 2 N–H and O–H groups in total. The lowest BCUT2D eigenvalue weighted by Gasteiger charge is -2.11. The van der Waals surface area contributed by atoms with Crippen molar-refractivity contribution in [1.82, 2.24) is 20.4 Å². The second kappa shape index (κ2) is 9.61. The minimum absolute atomic E-state index is 0. The number of fused-ring (bicyclic) bond motifs is 1. The molecule has 0 fully saturated rings. The molecular weight excluding hydrogens is 441 g/mol. The van der Waals surface area contributed by atoms with E-state index in [1.165, 1.54) is 11.1 Å². The number of aromatic nitrogens is 2. The molecule has 0 aliphatic heterocycles. The second-order valence-corrected chi connectivity index (χ2v) is 6.13. The van der Waals surface area contributed by atoms with Gasteiger partial charge in [0, 0.05) is 37.3 Å². The summed E-state index contributed by atoms with van der Waals surface area (Å²) in [6.07, 6.45) is 4.91. The number of guanidine groups is 1. The van der Waals surface area contributed by atoms with Crippen LogP contribution in [0.3, 0.4) is 0 Å². The standard InChI is InChI=1S/C19H25N5O.HI/c1-14-11-23-24(13-14)10-6-9-21-19(20-3)22-12-18-15(2)16-7-4-5-8-17(16)25-18;/h4-5,7-8,11,13H,6,9-10,12H2,1-3H3,(H2,20,21,22);1H. The number of hydrogen-bond acceptors (Lipinski definition) is 3. The molecule has 1 aromatic carbocycles. The minimum atomic E-state index is 0. The second-order valence-electron chi connectivity index (χ2n) is 6.13. The van der Waals surface area contributed by atoms with Crippen molar-refractivity contribution < 1.29 is 4.42 Å². The Hall–Kier alpha value is -2.03. The Morgan fingerprint density at radius 1 is 1.23 bits per heavy atom. The van der Waals surface area contributed by atoms with Gasteiger partial charge in [0.05, 0.1) is 12.7 Å². The summed E-state index contributed by atoms with van der Waals surface area (Å²) >= 11 is 0. The maximum absolute atomic E-state index is 5.92. The summed E-state index contributed by atoms with van der Waals surface area (Å²) in [5.74, 6) is 1.72. The van der Waals surface area contributed by atoms with Crippen LogP contribution < -0.4 is 10.6 Å². The van der Waals surface area contributed by atoms with Gasteiger partial charge in [0.2, 0.25) is 0 Å². The van der Waals surface area contributed by atoms with E-state index >= 15 is 0 Å². The monoisotopic (exact) mass is 467 g/mol. The zero-order valence-electron chi connectivity index (χ0n) is 15.5. The highest BCUT2D eigenvalue weighted by atomic mass is 127. The molecule has 2 aromatic heterocycles. The van der Waals surface area contributed by atoms with Crippen LogP contribution in [-0.2, 0) is 13.1 Å². The molecule has 3 aromatic rings. The molecule has 0 radical (unpaired) electrons. The normalized spacial score (nSPS) is 11.4. The number of hydrogen-bond donors (Lipinski definition) is 2. The van der Waals surface area contributed by atoms with Crippen molar-refractivity contribution in [1.29, 1.82) is 0 Å². The van der Waals surface area contributed by atoms with Crippen LogP contribution in [0.1, 0.15) is 23.3 Å². The van der Waals surface area contributed by atoms with Gasteiger partial charge in [-0.3, -0.25) is 9.67 Å². The first-order chi connectivity index (χ1) is 12.2. The Kier molecular flexibility index (Phi) is 7.50. The van der Waals surface area contributed by atoms with Gasteiger partial charge in [0.1, 0.15) is 11.3 Å². The average Bonchev–Trinajstić information content (AvgIpc) is 3.18. The van der Waals surface area contributed by atoms with Gasteiger partial charge in [-0.1, -0.05) is 18.2 Å². The number of rotatable bonds is 6. The quantitative estimate of drug-likeness (QED) is 0.252. The van der Waals surface area contributed by atoms with Crippen LogP contribution in [0.5, 0.6) is 0 Å². The van der Waals surface area contributed by atoms with E-state index in [1.54, 1.807) is 7.05 Å². The molecule has 0 saturated carbocycles. The van der Waals surface area contributed by atoms with Crippen molar-refractivity contribution in [2.75, 3.05) is 13.6 Å². The van der Waals surface area contributed by atoms with E-state index in [0.717, 1.165) is 42.2 Å². The van der Waals surface area contributed by atoms with Crippen molar-refractivity contribution in [3.05, 3.63) is 53.5 Å². The molecule has 6 nitrogen and oxygen atoms in total. The molecule has 0 bridgehead atoms. The molecule has 0 aliphatic carbocycles. The lowest BCUT2D eigenvalue weighted by Crippen LogP contribution is -2.37. The number of para-hydroxylation sites is 1. The maximum Gasteiger partial charge on any atom is 0.191 e. The molecule has 0 amide bonds. The molecule has 0 unspecified atom stereocenters. The summed E-state index contributed by atoms with van der Waals surface area (Å²) in [4.78, 5) is 4.27. The number of aliphatic imine (C=N–C) groups is 1. The Morgan fingerprint density at radius 2 is 2.04 bits per heavy atom. The molecule has 0 spiro atoms.